The van der Waals surface area contributed by atoms with Crippen molar-refractivity contribution in [3.63, 3.8) is 0 Å². The molecule has 1 unspecified atom stereocenters. The van der Waals surface area contributed by atoms with Crippen LogP contribution in [0.1, 0.15) is 47.4 Å². The fraction of sp³-hybridized carbons (Fsp3) is 0.435. The summed E-state index contributed by atoms with van der Waals surface area (Å²) in [6.07, 6.45) is 4.67. The highest BCUT2D eigenvalue weighted by Crippen LogP contribution is 2.24. The summed E-state index contributed by atoms with van der Waals surface area (Å²) in [4.78, 5) is 28.5. The second-order valence-corrected chi connectivity index (χ2v) is 8.64. The van der Waals surface area contributed by atoms with Gasteiger partial charge in [0.25, 0.3) is 5.91 Å². The second kappa shape index (κ2) is 12.2. The number of anilines is 1. The molecule has 3 rings (SSSR count). The monoisotopic (exact) mass is 497 g/mol. The van der Waals surface area contributed by atoms with Gasteiger partial charge in [-0.3, -0.25) is 9.78 Å². The van der Waals surface area contributed by atoms with Crippen molar-refractivity contribution < 1.29 is 23.8 Å². The number of benzene rings is 1. The Morgan fingerprint density at radius 3 is 2.82 bits per heavy atom. The topological polar surface area (TPSA) is 101 Å². The van der Waals surface area contributed by atoms with Crippen LogP contribution in [0, 0.1) is 5.82 Å². The summed E-state index contributed by atoms with van der Waals surface area (Å²) in [6.45, 7) is 1.59. The molecule has 1 aromatic heterocycles. The smallest absolute Gasteiger partial charge is 0.326 e. The van der Waals surface area contributed by atoms with Crippen molar-refractivity contribution in [2.45, 2.75) is 44.6 Å². The second-order valence-electron chi connectivity index (χ2n) is 7.79. The zero-order valence-corrected chi connectivity index (χ0v) is 19.5. The van der Waals surface area contributed by atoms with Gasteiger partial charge in [-0.2, -0.15) is 0 Å². The van der Waals surface area contributed by atoms with Gasteiger partial charge in [0.1, 0.15) is 11.9 Å². The molecule has 0 saturated heterocycles. The normalized spacial score (nSPS) is 13.7. The van der Waals surface area contributed by atoms with Crippen molar-refractivity contribution >= 4 is 40.8 Å². The average molecular weight is 498 g/mol. The summed E-state index contributed by atoms with van der Waals surface area (Å²) in [7, 11) is 0. The number of carbonyl (C=O) groups is 2. The van der Waals surface area contributed by atoms with Crippen molar-refractivity contribution in [3.8, 4) is 0 Å². The zero-order valence-electron chi connectivity index (χ0n) is 18.0. The number of carboxylic acids is 1. The molecule has 1 amide bonds. The predicted octanol–water partition coefficient (Wildman–Crippen LogP) is 4.50. The number of aromatic nitrogens is 1. The molecule has 1 aliphatic rings. The summed E-state index contributed by atoms with van der Waals surface area (Å²) in [5.41, 5.74) is 2.85. The Bertz CT molecular complexity index is 983. The Morgan fingerprint density at radius 1 is 1.24 bits per heavy atom. The summed E-state index contributed by atoms with van der Waals surface area (Å²) in [6, 6.07) is 5.04. The molecule has 0 aliphatic carbocycles. The molecule has 10 heteroatoms. The lowest BCUT2D eigenvalue weighted by Crippen LogP contribution is -2.42. The van der Waals surface area contributed by atoms with Gasteiger partial charge < -0.3 is 20.5 Å². The quantitative estimate of drug-likeness (QED) is 0.395. The molecule has 1 aliphatic heterocycles. The number of carbonyl (C=O) groups excluding carboxylic acids is 1. The standard InChI is InChI=1S/C23H26Cl2FN3O4/c24-14-12-16(25)21(17(26)13-14)22(30)29-20(23(31)32)8-11-33-10-2-1-4-15-6-7-18-19(28-15)5-3-9-27-18/h6-7,12-13,20,27H,1-5,8-11H2,(H,29,30)(H,31,32). The van der Waals surface area contributed by atoms with Crippen LogP contribution < -0.4 is 10.6 Å². The van der Waals surface area contributed by atoms with Gasteiger partial charge in [0.05, 0.1) is 22.0 Å². The predicted molar refractivity (Wildman–Crippen MR) is 125 cm³/mol. The maximum atomic E-state index is 14.0. The largest absolute Gasteiger partial charge is 0.480 e. The van der Waals surface area contributed by atoms with Crippen LogP contribution in [0.25, 0.3) is 0 Å². The van der Waals surface area contributed by atoms with E-state index in [2.05, 4.69) is 16.7 Å². The number of nitrogens with one attached hydrogen (secondary N) is 2. The zero-order chi connectivity index (χ0) is 23.8. The highest BCUT2D eigenvalue weighted by molar-refractivity contribution is 6.36. The number of ether oxygens (including phenoxy) is 1. The summed E-state index contributed by atoms with van der Waals surface area (Å²) >= 11 is 11.6. The summed E-state index contributed by atoms with van der Waals surface area (Å²) < 4.78 is 19.6. The van der Waals surface area contributed by atoms with E-state index in [-0.39, 0.29) is 23.1 Å². The number of rotatable bonds is 11. The van der Waals surface area contributed by atoms with Crippen molar-refractivity contribution in [3.05, 3.63) is 57.1 Å². The number of halogens is 3. The van der Waals surface area contributed by atoms with Crippen molar-refractivity contribution in [1.29, 1.82) is 0 Å². The van der Waals surface area contributed by atoms with Gasteiger partial charge in [0.15, 0.2) is 0 Å². The first-order valence-corrected chi connectivity index (χ1v) is 11.6. The molecule has 7 nitrogen and oxygen atoms in total. The van der Waals surface area contributed by atoms with E-state index < -0.39 is 29.3 Å². The molecule has 1 aromatic carbocycles. The van der Waals surface area contributed by atoms with Crippen LogP contribution in [-0.2, 0) is 22.4 Å². The number of unbranched alkanes of at least 4 members (excludes halogenated alkanes) is 1. The number of hydrogen-bond acceptors (Lipinski definition) is 5. The first-order chi connectivity index (χ1) is 15.8. The molecule has 0 saturated carbocycles. The molecular weight excluding hydrogens is 472 g/mol. The molecule has 1 atom stereocenters. The minimum atomic E-state index is -1.24. The number of pyridine rings is 1. The fourth-order valence-corrected chi connectivity index (χ4v) is 4.13. The first kappa shape index (κ1) is 25.2. The Balaban J connectivity index is 1.38. The third kappa shape index (κ3) is 7.28. The lowest BCUT2D eigenvalue weighted by atomic mass is 10.1. The Hall–Kier alpha value is -2.42. The molecule has 3 N–H and O–H groups in total. The van der Waals surface area contributed by atoms with Crippen LogP contribution in [0.5, 0.6) is 0 Å². The van der Waals surface area contributed by atoms with Gasteiger partial charge >= 0.3 is 5.97 Å². The van der Waals surface area contributed by atoms with E-state index in [9.17, 15) is 19.1 Å². The van der Waals surface area contributed by atoms with E-state index in [4.69, 9.17) is 32.9 Å². The van der Waals surface area contributed by atoms with Crippen LogP contribution >= 0.6 is 23.2 Å². The van der Waals surface area contributed by atoms with Gasteiger partial charge in [-0.1, -0.05) is 23.2 Å². The molecule has 0 spiro atoms. The number of fused-ring (bicyclic) bond motifs is 1. The maximum Gasteiger partial charge on any atom is 0.326 e. The van der Waals surface area contributed by atoms with Crippen molar-refractivity contribution in [2.75, 3.05) is 25.1 Å². The van der Waals surface area contributed by atoms with Crippen molar-refractivity contribution in [2.24, 2.45) is 0 Å². The third-order valence-electron chi connectivity index (χ3n) is 5.30. The van der Waals surface area contributed by atoms with Crippen LogP contribution in [0.15, 0.2) is 24.3 Å². The van der Waals surface area contributed by atoms with Gasteiger partial charge in [-0.25, -0.2) is 9.18 Å². The van der Waals surface area contributed by atoms with Crippen molar-refractivity contribution in [1.82, 2.24) is 10.3 Å². The first-order valence-electron chi connectivity index (χ1n) is 10.8. The van der Waals surface area contributed by atoms with Gasteiger partial charge in [0.2, 0.25) is 0 Å². The lowest BCUT2D eigenvalue weighted by Gasteiger charge is -2.17. The van der Waals surface area contributed by atoms with E-state index >= 15 is 0 Å². The van der Waals surface area contributed by atoms with E-state index in [0.717, 1.165) is 61.8 Å². The van der Waals surface area contributed by atoms with E-state index in [1.165, 1.54) is 6.07 Å². The Morgan fingerprint density at radius 2 is 2.06 bits per heavy atom. The Labute approximate surface area is 201 Å². The number of nitrogens with zero attached hydrogens (tertiary/aromatic N) is 1. The highest BCUT2D eigenvalue weighted by atomic mass is 35.5. The minimum Gasteiger partial charge on any atom is -0.480 e. The summed E-state index contributed by atoms with van der Waals surface area (Å²) in [5, 5.41) is 14.8. The van der Waals surface area contributed by atoms with Crippen LogP contribution in [0.2, 0.25) is 10.0 Å². The van der Waals surface area contributed by atoms with Gasteiger partial charge in [-0.05, 0) is 56.4 Å². The highest BCUT2D eigenvalue weighted by Gasteiger charge is 2.24. The third-order valence-corrected chi connectivity index (χ3v) is 5.81. The molecule has 0 radical (unpaired) electrons. The molecular formula is C23H26Cl2FN3O4. The van der Waals surface area contributed by atoms with Gasteiger partial charge in [-0.15, -0.1) is 0 Å². The number of amides is 1. The number of aliphatic carboxylic acids is 1. The molecule has 0 bridgehead atoms. The molecule has 2 heterocycles. The van der Waals surface area contributed by atoms with Crippen LogP contribution in [0.3, 0.4) is 0 Å². The SMILES string of the molecule is O=C(NC(CCOCCCCc1ccc2c(n1)CCCN2)C(=O)O)c1c(F)cc(Cl)cc1Cl. The lowest BCUT2D eigenvalue weighted by molar-refractivity contribution is -0.139. The molecule has 2 aromatic rings. The number of carboxylic acid groups (broad SMARTS) is 1. The molecule has 33 heavy (non-hydrogen) atoms. The summed E-state index contributed by atoms with van der Waals surface area (Å²) in [5.74, 6) is -3.09. The Kier molecular flexibility index (Phi) is 9.29. The average Bonchev–Trinajstić information content (AvgIpc) is 2.76. The molecule has 178 valence electrons. The van der Waals surface area contributed by atoms with Crippen LogP contribution in [-0.4, -0.2) is 47.8 Å². The van der Waals surface area contributed by atoms with Crippen LogP contribution in [0.4, 0.5) is 10.1 Å². The minimum absolute atomic E-state index is 0.0350. The number of aryl methyl sites for hydroxylation is 2. The van der Waals surface area contributed by atoms with Gasteiger partial charge in [0, 0.05) is 36.9 Å². The van der Waals surface area contributed by atoms with E-state index in [0.29, 0.717) is 6.61 Å². The fourth-order valence-electron chi connectivity index (χ4n) is 3.58. The van der Waals surface area contributed by atoms with E-state index in [1.54, 1.807) is 0 Å². The molecule has 0 fully saturated rings. The number of hydrogen-bond donors (Lipinski definition) is 3. The maximum absolute atomic E-state index is 14.0. The van der Waals surface area contributed by atoms with E-state index in [1.807, 2.05) is 6.07 Å².